The number of amides is 1. The lowest BCUT2D eigenvalue weighted by atomic mass is 10.2. The van der Waals surface area contributed by atoms with Crippen LogP contribution in [0.2, 0.25) is 0 Å². The molecule has 0 aromatic carbocycles. The molecule has 0 saturated carbocycles. The van der Waals surface area contributed by atoms with Crippen LogP contribution < -0.4 is 0 Å². The molecule has 1 aliphatic rings. The molecule has 2 aromatic rings. The van der Waals surface area contributed by atoms with Gasteiger partial charge in [-0.1, -0.05) is 0 Å². The highest BCUT2D eigenvalue weighted by Gasteiger charge is 2.34. The molecule has 1 fully saturated rings. The van der Waals surface area contributed by atoms with Crippen molar-refractivity contribution < 1.29 is 14.7 Å². The summed E-state index contributed by atoms with van der Waals surface area (Å²) in [5.74, 6) is -0.713. The summed E-state index contributed by atoms with van der Waals surface area (Å²) >= 11 is 0. The fourth-order valence-electron chi connectivity index (χ4n) is 2.51. The summed E-state index contributed by atoms with van der Waals surface area (Å²) in [6.45, 7) is 0.467. The van der Waals surface area contributed by atoms with Crippen molar-refractivity contribution >= 4 is 11.9 Å². The maximum absolute atomic E-state index is 12.5. The molecule has 0 radical (unpaired) electrons. The predicted octanol–water partition coefficient (Wildman–Crippen LogP) is 0.956. The Hall–Kier alpha value is -2.70. The first-order chi connectivity index (χ1) is 10.2. The lowest BCUT2D eigenvalue weighted by Crippen LogP contribution is -2.40. The summed E-state index contributed by atoms with van der Waals surface area (Å²) in [6.07, 6.45) is 6.08. The second kappa shape index (κ2) is 5.35. The van der Waals surface area contributed by atoms with Crippen LogP contribution >= 0.6 is 0 Å². The third-order valence-corrected chi connectivity index (χ3v) is 3.53. The highest BCUT2D eigenvalue weighted by atomic mass is 16.4. The first kappa shape index (κ1) is 13.3. The number of aliphatic carboxylic acids is 1. The average Bonchev–Trinajstić information content (AvgIpc) is 3.17. The molecule has 7 heteroatoms. The minimum atomic E-state index is -0.956. The summed E-state index contributed by atoms with van der Waals surface area (Å²) in [6, 6.07) is 4.23. The summed E-state index contributed by atoms with van der Waals surface area (Å²) in [7, 11) is 0. The molecule has 1 aliphatic heterocycles. The maximum Gasteiger partial charge on any atom is 0.326 e. The molecule has 0 bridgehead atoms. The monoisotopic (exact) mass is 286 g/mol. The van der Waals surface area contributed by atoms with Crippen molar-refractivity contribution in [2.24, 2.45) is 0 Å². The minimum Gasteiger partial charge on any atom is -0.480 e. The van der Waals surface area contributed by atoms with Gasteiger partial charge < -0.3 is 10.0 Å². The van der Waals surface area contributed by atoms with Crippen molar-refractivity contribution in [3.05, 3.63) is 42.4 Å². The van der Waals surface area contributed by atoms with Crippen molar-refractivity contribution in [3.8, 4) is 5.82 Å². The van der Waals surface area contributed by atoms with Crippen LogP contribution in [0.15, 0.2) is 36.8 Å². The quantitative estimate of drug-likeness (QED) is 0.907. The van der Waals surface area contributed by atoms with Crippen LogP contribution in [0.1, 0.15) is 23.2 Å². The van der Waals surface area contributed by atoms with E-state index < -0.39 is 12.0 Å². The Bertz CT molecular complexity index is 669. The van der Waals surface area contributed by atoms with Gasteiger partial charge in [0.05, 0.1) is 0 Å². The van der Waals surface area contributed by atoms with Crippen molar-refractivity contribution in [3.63, 3.8) is 0 Å². The summed E-state index contributed by atoms with van der Waals surface area (Å²) in [5.41, 5.74) is 0.420. The van der Waals surface area contributed by atoms with Gasteiger partial charge in [-0.05, 0) is 31.0 Å². The molecule has 1 unspecified atom stereocenters. The Kier molecular flexibility index (Phi) is 3.39. The number of aromatic nitrogens is 3. The van der Waals surface area contributed by atoms with Crippen molar-refractivity contribution in [2.75, 3.05) is 6.54 Å². The molecule has 0 aliphatic carbocycles. The molecule has 108 valence electrons. The van der Waals surface area contributed by atoms with Gasteiger partial charge in [-0.25, -0.2) is 14.5 Å². The van der Waals surface area contributed by atoms with Gasteiger partial charge in [0.25, 0.3) is 5.91 Å². The fraction of sp³-hybridized carbons (Fsp3) is 0.286. The van der Waals surface area contributed by atoms with Crippen LogP contribution in [0.4, 0.5) is 0 Å². The number of carbonyl (C=O) groups excluding carboxylic acids is 1. The van der Waals surface area contributed by atoms with Gasteiger partial charge in [-0.2, -0.15) is 5.10 Å². The van der Waals surface area contributed by atoms with E-state index in [1.165, 1.54) is 11.1 Å². The number of hydrogen-bond donors (Lipinski definition) is 1. The predicted molar refractivity (Wildman–Crippen MR) is 73.1 cm³/mol. The van der Waals surface area contributed by atoms with Crippen LogP contribution in [-0.4, -0.2) is 49.2 Å². The maximum atomic E-state index is 12.5. The molecule has 1 saturated heterocycles. The first-order valence-electron chi connectivity index (χ1n) is 6.66. The van der Waals surface area contributed by atoms with E-state index in [9.17, 15) is 9.59 Å². The van der Waals surface area contributed by atoms with Crippen molar-refractivity contribution in [2.45, 2.75) is 18.9 Å². The highest BCUT2D eigenvalue weighted by Crippen LogP contribution is 2.20. The molecule has 2 aromatic heterocycles. The van der Waals surface area contributed by atoms with Crippen molar-refractivity contribution in [1.29, 1.82) is 0 Å². The molecular weight excluding hydrogens is 272 g/mol. The van der Waals surface area contributed by atoms with Crippen LogP contribution in [0, 0.1) is 0 Å². The number of carbonyl (C=O) groups is 2. The van der Waals surface area contributed by atoms with E-state index in [1.54, 1.807) is 35.3 Å². The number of carboxylic acid groups (broad SMARTS) is 1. The zero-order valence-electron chi connectivity index (χ0n) is 11.2. The van der Waals surface area contributed by atoms with E-state index in [0.29, 0.717) is 30.8 Å². The van der Waals surface area contributed by atoms with E-state index in [0.717, 1.165) is 0 Å². The van der Waals surface area contributed by atoms with Crippen LogP contribution in [0.25, 0.3) is 5.82 Å². The molecule has 1 N–H and O–H groups in total. The molecule has 0 spiro atoms. The fourth-order valence-corrected chi connectivity index (χ4v) is 2.51. The third-order valence-electron chi connectivity index (χ3n) is 3.53. The van der Waals surface area contributed by atoms with Crippen molar-refractivity contribution in [1.82, 2.24) is 19.7 Å². The first-order valence-corrected chi connectivity index (χ1v) is 6.66. The number of likely N-dealkylation sites (tertiary alicyclic amines) is 1. The zero-order valence-corrected chi connectivity index (χ0v) is 11.2. The van der Waals surface area contributed by atoms with Gasteiger partial charge in [-0.15, -0.1) is 0 Å². The third kappa shape index (κ3) is 2.49. The Balaban J connectivity index is 1.88. The van der Waals surface area contributed by atoms with Gasteiger partial charge in [-0.3, -0.25) is 4.79 Å². The summed E-state index contributed by atoms with van der Waals surface area (Å²) < 4.78 is 1.55. The van der Waals surface area contributed by atoms with Gasteiger partial charge >= 0.3 is 5.97 Å². The van der Waals surface area contributed by atoms with Crippen LogP contribution in [0.3, 0.4) is 0 Å². The van der Waals surface area contributed by atoms with E-state index in [1.807, 2.05) is 0 Å². The molecule has 1 atom stereocenters. The normalized spacial score (nSPS) is 17.9. The Morgan fingerprint density at radius 3 is 2.90 bits per heavy atom. The minimum absolute atomic E-state index is 0.282. The number of rotatable bonds is 3. The Labute approximate surface area is 120 Å². The highest BCUT2D eigenvalue weighted by molar-refractivity contribution is 5.97. The zero-order chi connectivity index (χ0) is 14.8. The largest absolute Gasteiger partial charge is 0.480 e. The number of nitrogens with zero attached hydrogens (tertiary/aromatic N) is 4. The number of hydrogen-bond acceptors (Lipinski definition) is 4. The standard InChI is InChI=1S/C14H14N4O3/c19-13(17-7-1-3-11(17)14(20)21)10-4-6-15-12(9-10)18-8-2-5-16-18/h2,4-6,8-9,11H,1,3,7H2,(H,20,21). The van der Waals surface area contributed by atoms with E-state index in [-0.39, 0.29) is 5.91 Å². The second-order valence-electron chi connectivity index (χ2n) is 4.85. The lowest BCUT2D eigenvalue weighted by Gasteiger charge is -2.21. The smallest absolute Gasteiger partial charge is 0.326 e. The summed E-state index contributed by atoms with van der Waals surface area (Å²) in [5, 5.41) is 13.2. The second-order valence-corrected chi connectivity index (χ2v) is 4.85. The SMILES string of the molecule is O=C(O)C1CCCN1C(=O)c1ccnc(-n2cccn2)c1. The molecule has 1 amide bonds. The molecular formula is C14H14N4O3. The Morgan fingerprint density at radius 1 is 1.33 bits per heavy atom. The van der Waals surface area contributed by atoms with Crippen LogP contribution in [0.5, 0.6) is 0 Å². The van der Waals surface area contributed by atoms with Gasteiger partial charge in [0.2, 0.25) is 0 Å². The van der Waals surface area contributed by atoms with E-state index >= 15 is 0 Å². The molecule has 3 rings (SSSR count). The van der Waals surface area contributed by atoms with E-state index in [2.05, 4.69) is 10.1 Å². The molecule has 3 heterocycles. The summed E-state index contributed by atoms with van der Waals surface area (Å²) in [4.78, 5) is 29.2. The average molecular weight is 286 g/mol. The Morgan fingerprint density at radius 2 is 2.19 bits per heavy atom. The van der Waals surface area contributed by atoms with Gasteiger partial charge in [0.15, 0.2) is 5.82 Å². The lowest BCUT2D eigenvalue weighted by molar-refractivity contribution is -0.141. The van der Waals surface area contributed by atoms with Gasteiger partial charge in [0, 0.05) is 30.7 Å². The topological polar surface area (TPSA) is 88.3 Å². The number of carboxylic acids is 1. The van der Waals surface area contributed by atoms with E-state index in [4.69, 9.17) is 5.11 Å². The number of pyridine rings is 1. The molecule has 7 nitrogen and oxygen atoms in total. The van der Waals surface area contributed by atoms with Crippen LogP contribution in [-0.2, 0) is 4.79 Å². The van der Waals surface area contributed by atoms with Gasteiger partial charge in [0.1, 0.15) is 6.04 Å². The molecule has 21 heavy (non-hydrogen) atoms.